The lowest BCUT2D eigenvalue weighted by atomic mass is 9.99. The van der Waals surface area contributed by atoms with Crippen molar-refractivity contribution in [3.63, 3.8) is 0 Å². The van der Waals surface area contributed by atoms with Crippen LogP contribution in [0.2, 0.25) is 0 Å². The van der Waals surface area contributed by atoms with E-state index in [2.05, 4.69) is 15.5 Å². The van der Waals surface area contributed by atoms with Crippen molar-refractivity contribution in [1.29, 1.82) is 0 Å². The molecule has 162 valence electrons. The molecule has 3 heterocycles. The number of sulfonamides is 1. The number of anilines is 2. The second kappa shape index (κ2) is 9.21. The minimum atomic E-state index is -3.31. The van der Waals surface area contributed by atoms with Crippen LogP contribution in [0.15, 0.2) is 22.5 Å². The molecule has 1 aromatic carbocycles. The summed E-state index contributed by atoms with van der Waals surface area (Å²) >= 11 is 2.79. The van der Waals surface area contributed by atoms with Crippen molar-refractivity contribution in [1.82, 2.24) is 10.2 Å². The molecule has 11 heteroatoms. The molecule has 0 amide bonds. The van der Waals surface area contributed by atoms with Gasteiger partial charge in [0.2, 0.25) is 15.2 Å². The summed E-state index contributed by atoms with van der Waals surface area (Å²) in [5.74, 6) is 0.248. The van der Waals surface area contributed by atoms with E-state index in [9.17, 15) is 13.2 Å². The number of rotatable bonds is 8. The molecule has 2 aliphatic rings. The highest BCUT2D eigenvalue weighted by Crippen LogP contribution is 2.31. The van der Waals surface area contributed by atoms with Crippen LogP contribution >= 0.6 is 23.1 Å². The SMILES string of the molecule is CS(=O)(=O)N1CCCc2cc(C(=O)CSc3nnc(NCC4CCCO4)s3)ccc21. The summed E-state index contributed by atoms with van der Waals surface area (Å²) in [6.45, 7) is 2.02. The van der Waals surface area contributed by atoms with Crippen molar-refractivity contribution in [2.24, 2.45) is 0 Å². The molecule has 1 N–H and O–H groups in total. The highest BCUT2D eigenvalue weighted by molar-refractivity contribution is 8.01. The first-order chi connectivity index (χ1) is 14.4. The number of nitrogens with one attached hydrogen (secondary N) is 1. The van der Waals surface area contributed by atoms with Crippen molar-refractivity contribution >= 4 is 49.7 Å². The van der Waals surface area contributed by atoms with Crippen LogP contribution in [0.4, 0.5) is 10.8 Å². The molecule has 30 heavy (non-hydrogen) atoms. The molecule has 0 saturated carbocycles. The van der Waals surface area contributed by atoms with E-state index in [1.807, 2.05) is 6.07 Å². The van der Waals surface area contributed by atoms with Gasteiger partial charge in [-0.05, 0) is 49.4 Å². The summed E-state index contributed by atoms with van der Waals surface area (Å²) in [7, 11) is -3.31. The van der Waals surface area contributed by atoms with Gasteiger partial charge in [-0.1, -0.05) is 23.1 Å². The first-order valence-corrected chi connectivity index (χ1v) is 13.5. The lowest BCUT2D eigenvalue weighted by molar-refractivity contribution is 0.102. The van der Waals surface area contributed by atoms with Gasteiger partial charge in [0.05, 0.1) is 23.8 Å². The third-order valence-electron chi connectivity index (χ3n) is 5.12. The molecule has 2 aliphatic heterocycles. The standard InChI is InChI=1S/C19H24N4O4S3/c1-30(25,26)23-8-2-4-13-10-14(6-7-16(13)23)17(24)12-28-19-22-21-18(29-19)20-11-15-5-3-9-27-15/h6-7,10,15H,2-5,8-9,11-12H2,1H3,(H,20,21). The van der Waals surface area contributed by atoms with Crippen LogP contribution in [0.3, 0.4) is 0 Å². The van der Waals surface area contributed by atoms with Crippen molar-refractivity contribution < 1.29 is 17.9 Å². The quantitative estimate of drug-likeness (QED) is 0.466. The molecule has 1 saturated heterocycles. The summed E-state index contributed by atoms with van der Waals surface area (Å²) in [5.41, 5.74) is 2.18. The summed E-state index contributed by atoms with van der Waals surface area (Å²) in [4.78, 5) is 12.7. The predicted molar refractivity (Wildman–Crippen MR) is 119 cm³/mol. The number of hydrogen-bond donors (Lipinski definition) is 1. The number of nitrogens with zero attached hydrogens (tertiary/aromatic N) is 3. The Kier molecular flexibility index (Phi) is 6.61. The Labute approximate surface area is 184 Å². The lowest BCUT2D eigenvalue weighted by Crippen LogP contribution is -2.34. The number of fused-ring (bicyclic) bond motifs is 1. The number of carbonyl (C=O) groups excluding carboxylic acids is 1. The fraction of sp³-hybridized carbons (Fsp3) is 0.526. The Hall–Kier alpha value is -1.69. The second-order valence-electron chi connectivity index (χ2n) is 7.38. The number of ether oxygens (including phenoxy) is 1. The third kappa shape index (κ3) is 5.13. The zero-order valence-corrected chi connectivity index (χ0v) is 19.1. The van der Waals surface area contributed by atoms with E-state index in [-0.39, 0.29) is 17.6 Å². The normalized spacial score (nSPS) is 19.0. The van der Waals surface area contributed by atoms with Gasteiger partial charge in [0, 0.05) is 25.3 Å². The zero-order chi connectivity index (χ0) is 21.1. The predicted octanol–water partition coefficient (Wildman–Crippen LogP) is 2.82. The minimum absolute atomic E-state index is 0.0108. The van der Waals surface area contributed by atoms with Crippen LogP contribution < -0.4 is 9.62 Å². The number of ketones is 1. The smallest absolute Gasteiger partial charge is 0.232 e. The van der Waals surface area contributed by atoms with E-state index < -0.39 is 10.0 Å². The van der Waals surface area contributed by atoms with E-state index >= 15 is 0 Å². The molecule has 1 atom stereocenters. The molecule has 1 fully saturated rings. The molecule has 1 aromatic heterocycles. The second-order valence-corrected chi connectivity index (χ2v) is 11.5. The summed E-state index contributed by atoms with van der Waals surface area (Å²) in [5, 5.41) is 12.2. The number of carbonyl (C=O) groups is 1. The van der Waals surface area contributed by atoms with Gasteiger partial charge in [-0.15, -0.1) is 10.2 Å². The fourth-order valence-corrected chi connectivity index (χ4v) is 6.29. The molecule has 0 radical (unpaired) electrons. The van der Waals surface area contributed by atoms with Gasteiger partial charge in [0.15, 0.2) is 10.1 Å². The third-order valence-corrected chi connectivity index (χ3v) is 8.31. The van der Waals surface area contributed by atoms with E-state index in [0.717, 1.165) is 53.9 Å². The Morgan fingerprint density at radius 3 is 3.00 bits per heavy atom. The zero-order valence-electron chi connectivity index (χ0n) is 16.7. The monoisotopic (exact) mass is 468 g/mol. The molecule has 1 unspecified atom stereocenters. The maximum absolute atomic E-state index is 12.7. The molecule has 0 spiro atoms. The van der Waals surface area contributed by atoms with Gasteiger partial charge in [0.1, 0.15) is 0 Å². The fourth-order valence-electron chi connectivity index (χ4n) is 3.64. The number of aryl methyl sites for hydroxylation is 1. The molecular weight excluding hydrogens is 444 g/mol. The Morgan fingerprint density at radius 1 is 1.37 bits per heavy atom. The van der Waals surface area contributed by atoms with Crippen LogP contribution in [0.5, 0.6) is 0 Å². The molecular formula is C19H24N4O4S3. The number of thioether (sulfide) groups is 1. The van der Waals surface area contributed by atoms with Gasteiger partial charge in [-0.3, -0.25) is 9.10 Å². The van der Waals surface area contributed by atoms with E-state index in [1.54, 1.807) is 12.1 Å². The molecule has 0 aliphatic carbocycles. The molecule has 0 bridgehead atoms. The van der Waals surface area contributed by atoms with Crippen LogP contribution in [0.25, 0.3) is 0 Å². The first kappa shape index (κ1) is 21.5. The van der Waals surface area contributed by atoms with Gasteiger partial charge in [-0.2, -0.15) is 0 Å². The summed E-state index contributed by atoms with van der Waals surface area (Å²) < 4.78 is 31.7. The van der Waals surface area contributed by atoms with Gasteiger partial charge in [-0.25, -0.2) is 8.42 Å². The molecule has 4 rings (SSSR count). The maximum Gasteiger partial charge on any atom is 0.232 e. The van der Waals surface area contributed by atoms with Gasteiger partial charge in [0.25, 0.3) is 0 Å². The van der Waals surface area contributed by atoms with Crippen molar-refractivity contribution in [2.45, 2.75) is 36.1 Å². The van der Waals surface area contributed by atoms with Crippen LogP contribution in [0.1, 0.15) is 35.2 Å². The maximum atomic E-state index is 12.7. The van der Waals surface area contributed by atoms with Crippen LogP contribution in [0, 0.1) is 0 Å². The Morgan fingerprint density at radius 2 is 2.23 bits per heavy atom. The van der Waals surface area contributed by atoms with E-state index in [0.29, 0.717) is 17.8 Å². The molecule has 2 aromatic rings. The minimum Gasteiger partial charge on any atom is -0.376 e. The topological polar surface area (TPSA) is 101 Å². The van der Waals surface area contributed by atoms with Gasteiger partial charge >= 0.3 is 0 Å². The highest BCUT2D eigenvalue weighted by Gasteiger charge is 2.25. The van der Waals surface area contributed by atoms with Crippen LogP contribution in [-0.4, -0.2) is 62.2 Å². The van der Waals surface area contributed by atoms with E-state index in [4.69, 9.17) is 4.74 Å². The average molecular weight is 469 g/mol. The Bertz CT molecular complexity index is 1020. The van der Waals surface area contributed by atoms with E-state index in [1.165, 1.54) is 33.7 Å². The number of aromatic nitrogens is 2. The van der Waals surface area contributed by atoms with Gasteiger partial charge < -0.3 is 10.1 Å². The first-order valence-electron chi connectivity index (χ1n) is 9.86. The number of benzene rings is 1. The summed E-state index contributed by atoms with van der Waals surface area (Å²) in [6.07, 6.45) is 5.12. The van der Waals surface area contributed by atoms with Crippen molar-refractivity contribution in [2.75, 3.05) is 41.3 Å². The largest absolute Gasteiger partial charge is 0.376 e. The average Bonchev–Trinajstić information content (AvgIpc) is 3.40. The number of Topliss-reactive ketones (excluding diaryl/α,β-unsaturated/α-hetero) is 1. The van der Waals surface area contributed by atoms with Crippen molar-refractivity contribution in [3.05, 3.63) is 29.3 Å². The molecule has 8 nitrogen and oxygen atoms in total. The van der Waals surface area contributed by atoms with Crippen LogP contribution in [-0.2, 0) is 21.2 Å². The number of hydrogen-bond acceptors (Lipinski definition) is 9. The lowest BCUT2D eigenvalue weighted by Gasteiger charge is -2.29. The highest BCUT2D eigenvalue weighted by atomic mass is 32.2. The Balaban J connectivity index is 1.34. The van der Waals surface area contributed by atoms with Crippen molar-refractivity contribution in [3.8, 4) is 0 Å². The summed E-state index contributed by atoms with van der Waals surface area (Å²) in [6, 6.07) is 5.27.